The van der Waals surface area contributed by atoms with Crippen LogP contribution < -0.4 is 16.9 Å². The van der Waals surface area contributed by atoms with E-state index in [1.807, 2.05) is 0 Å². The third kappa shape index (κ3) is 1.67. The van der Waals surface area contributed by atoms with Crippen molar-refractivity contribution in [3.8, 4) is 0 Å². The van der Waals surface area contributed by atoms with Crippen molar-refractivity contribution in [1.29, 1.82) is 0 Å². The molecule has 4 nitrogen and oxygen atoms in total. The minimum Gasteiger partial charge on any atom is -0.394 e. The van der Waals surface area contributed by atoms with Crippen molar-refractivity contribution in [2.24, 2.45) is 5.73 Å². The van der Waals surface area contributed by atoms with Crippen LogP contribution >= 0.6 is 0 Å². The van der Waals surface area contributed by atoms with E-state index >= 15 is 0 Å². The minimum atomic E-state index is -2.78. The Morgan fingerprint density at radius 3 is 2.62 bits per heavy atom. The molecule has 13 heavy (non-hydrogen) atoms. The lowest BCUT2D eigenvalue weighted by atomic mass is 10.2. The van der Waals surface area contributed by atoms with Crippen LogP contribution in [-0.2, 0) is 6.54 Å². The molecule has 0 aliphatic rings. The van der Waals surface area contributed by atoms with E-state index in [0.29, 0.717) is 0 Å². The first kappa shape index (κ1) is 9.66. The lowest BCUT2D eigenvalue weighted by molar-refractivity contribution is 0.147. The SMILES string of the molecule is NCc1c[nH]c(C(F)F)c(N)c1=O. The Hall–Kier alpha value is -1.43. The van der Waals surface area contributed by atoms with E-state index in [4.69, 9.17) is 11.5 Å². The molecule has 0 bridgehead atoms. The van der Waals surface area contributed by atoms with E-state index in [1.165, 1.54) is 0 Å². The number of aromatic amines is 1. The molecule has 72 valence electrons. The molecular weight excluding hydrogens is 180 g/mol. The number of alkyl halides is 2. The van der Waals surface area contributed by atoms with Crippen molar-refractivity contribution in [1.82, 2.24) is 4.98 Å². The van der Waals surface area contributed by atoms with Gasteiger partial charge >= 0.3 is 0 Å². The van der Waals surface area contributed by atoms with E-state index in [2.05, 4.69) is 4.98 Å². The highest BCUT2D eigenvalue weighted by molar-refractivity contribution is 5.45. The zero-order valence-electron chi connectivity index (χ0n) is 6.68. The van der Waals surface area contributed by atoms with Gasteiger partial charge in [-0.3, -0.25) is 4.79 Å². The Morgan fingerprint density at radius 2 is 2.15 bits per heavy atom. The van der Waals surface area contributed by atoms with Gasteiger partial charge in [-0.05, 0) is 0 Å². The van der Waals surface area contributed by atoms with E-state index in [-0.39, 0.29) is 12.1 Å². The monoisotopic (exact) mass is 189 g/mol. The maximum atomic E-state index is 12.2. The molecule has 0 saturated carbocycles. The van der Waals surface area contributed by atoms with Gasteiger partial charge in [-0.15, -0.1) is 0 Å². The average Bonchev–Trinajstić information content (AvgIpc) is 2.09. The second kappa shape index (κ2) is 3.53. The third-order valence-electron chi connectivity index (χ3n) is 1.67. The Bertz CT molecular complexity index is 361. The molecule has 0 atom stereocenters. The predicted octanol–water partition coefficient (Wildman–Crippen LogP) is 0.353. The number of halogens is 2. The van der Waals surface area contributed by atoms with Crippen molar-refractivity contribution < 1.29 is 8.78 Å². The fourth-order valence-electron chi connectivity index (χ4n) is 0.936. The molecule has 1 aromatic rings. The highest BCUT2D eigenvalue weighted by Gasteiger charge is 2.15. The molecule has 0 fully saturated rings. The summed E-state index contributed by atoms with van der Waals surface area (Å²) < 4.78 is 24.3. The highest BCUT2D eigenvalue weighted by atomic mass is 19.3. The zero-order valence-corrected chi connectivity index (χ0v) is 6.68. The van der Waals surface area contributed by atoms with Crippen LogP contribution in [0.15, 0.2) is 11.0 Å². The highest BCUT2D eigenvalue weighted by Crippen LogP contribution is 2.19. The van der Waals surface area contributed by atoms with Gasteiger partial charge in [0.15, 0.2) is 0 Å². The Morgan fingerprint density at radius 1 is 1.54 bits per heavy atom. The Balaban J connectivity index is 3.32. The lowest BCUT2D eigenvalue weighted by Crippen LogP contribution is -2.19. The summed E-state index contributed by atoms with van der Waals surface area (Å²) in [5.41, 5.74) is 8.92. The molecule has 0 aromatic carbocycles. The zero-order chi connectivity index (χ0) is 10.0. The molecule has 0 spiro atoms. The quantitative estimate of drug-likeness (QED) is 0.627. The molecule has 1 rings (SSSR count). The first-order chi connectivity index (χ1) is 6.07. The van der Waals surface area contributed by atoms with E-state index in [9.17, 15) is 13.6 Å². The van der Waals surface area contributed by atoms with Crippen LogP contribution in [0.3, 0.4) is 0 Å². The van der Waals surface area contributed by atoms with Gasteiger partial charge in [0.05, 0.1) is 0 Å². The van der Waals surface area contributed by atoms with Crippen molar-refractivity contribution in [2.45, 2.75) is 13.0 Å². The normalized spacial score (nSPS) is 10.8. The van der Waals surface area contributed by atoms with Crippen LogP contribution in [0.25, 0.3) is 0 Å². The second-order valence-electron chi connectivity index (χ2n) is 2.48. The largest absolute Gasteiger partial charge is 0.394 e. The number of nitrogens with two attached hydrogens (primary N) is 2. The fourth-order valence-corrected chi connectivity index (χ4v) is 0.936. The van der Waals surface area contributed by atoms with E-state index in [0.717, 1.165) is 6.20 Å². The van der Waals surface area contributed by atoms with E-state index in [1.54, 1.807) is 0 Å². The van der Waals surface area contributed by atoms with Gasteiger partial charge in [0, 0.05) is 18.3 Å². The fraction of sp³-hybridized carbons (Fsp3) is 0.286. The standard InChI is InChI=1S/C7H9F2N3O/c8-7(9)5-4(11)6(13)3(1-10)2-12-5/h2,7H,1,10-11H2,(H,12,13). The molecule has 0 aliphatic heterocycles. The molecule has 0 amide bonds. The molecule has 0 radical (unpaired) electrons. The number of H-pyrrole nitrogens is 1. The van der Waals surface area contributed by atoms with Gasteiger partial charge < -0.3 is 16.5 Å². The molecule has 0 unspecified atom stereocenters. The van der Waals surface area contributed by atoms with E-state index < -0.39 is 23.2 Å². The maximum absolute atomic E-state index is 12.2. The van der Waals surface area contributed by atoms with Crippen LogP contribution in [0.2, 0.25) is 0 Å². The molecular formula is C7H9F2N3O. The van der Waals surface area contributed by atoms with Gasteiger partial charge in [0.2, 0.25) is 5.43 Å². The van der Waals surface area contributed by atoms with Gasteiger partial charge in [0.25, 0.3) is 6.43 Å². The number of hydrogen-bond acceptors (Lipinski definition) is 3. The third-order valence-corrected chi connectivity index (χ3v) is 1.67. The average molecular weight is 189 g/mol. The summed E-state index contributed by atoms with van der Waals surface area (Å²) in [5, 5.41) is 0. The van der Waals surface area contributed by atoms with Gasteiger partial charge in [-0.25, -0.2) is 8.78 Å². The summed E-state index contributed by atoms with van der Waals surface area (Å²) >= 11 is 0. The van der Waals surface area contributed by atoms with Crippen molar-refractivity contribution in [3.63, 3.8) is 0 Å². The molecule has 0 saturated heterocycles. The summed E-state index contributed by atoms with van der Waals surface area (Å²) in [5.74, 6) is 0. The summed E-state index contributed by atoms with van der Waals surface area (Å²) in [6, 6.07) is 0. The molecule has 6 heteroatoms. The number of anilines is 1. The van der Waals surface area contributed by atoms with Gasteiger partial charge in [0.1, 0.15) is 11.4 Å². The summed E-state index contributed by atoms with van der Waals surface area (Å²) in [6.07, 6.45) is -1.63. The molecule has 5 N–H and O–H groups in total. The van der Waals surface area contributed by atoms with Gasteiger partial charge in [-0.1, -0.05) is 0 Å². The topological polar surface area (TPSA) is 84.9 Å². The van der Waals surface area contributed by atoms with Crippen molar-refractivity contribution in [2.75, 3.05) is 5.73 Å². The number of pyridine rings is 1. The Labute approximate surface area is 72.6 Å². The molecule has 0 aliphatic carbocycles. The summed E-state index contributed by atoms with van der Waals surface area (Å²) in [7, 11) is 0. The number of hydrogen-bond donors (Lipinski definition) is 3. The number of nitrogen functional groups attached to an aromatic ring is 1. The first-order valence-electron chi connectivity index (χ1n) is 3.56. The van der Waals surface area contributed by atoms with Crippen LogP contribution in [0.5, 0.6) is 0 Å². The smallest absolute Gasteiger partial charge is 0.280 e. The number of rotatable bonds is 2. The molecule has 1 heterocycles. The Kier molecular flexibility index (Phi) is 2.62. The number of aromatic nitrogens is 1. The minimum absolute atomic E-state index is 0.0248. The molecule has 1 aromatic heterocycles. The summed E-state index contributed by atoms with van der Waals surface area (Å²) in [4.78, 5) is 13.4. The van der Waals surface area contributed by atoms with Crippen LogP contribution in [0.1, 0.15) is 17.7 Å². The van der Waals surface area contributed by atoms with Crippen molar-refractivity contribution >= 4 is 5.69 Å². The van der Waals surface area contributed by atoms with Crippen molar-refractivity contribution in [3.05, 3.63) is 27.7 Å². The van der Waals surface area contributed by atoms with Gasteiger partial charge in [-0.2, -0.15) is 0 Å². The first-order valence-corrected chi connectivity index (χ1v) is 3.56. The second-order valence-corrected chi connectivity index (χ2v) is 2.48. The predicted molar refractivity (Wildman–Crippen MR) is 44.3 cm³/mol. The van der Waals surface area contributed by atoms with Crippen LogP contribution in [0.4, 0.5) is 14.5 Å². The number of nitrogens with one attached hydrogen (secondary N) is 1. The maximum Gasteiger partial charge on any atom is 0.280 e. The summed E-state index contributed by atoms with van der Waals surface area (Å²) in [6.45, 7) is -0.0248. The van der Waals surface area contributed by atoms with Crippen LogP contribution in [-0.4, -0.2) is 4.98 Å². The van der Waals surface area contributed by atoms with Crippen LogP contribution in [0, 0.1) is 0 Å². The lowest BCUT2D eigenvalue weighted by Gasteiger charge is -2.05.